The standard InChI is InChI=1S/C20H33N3O3/c1-4-17(5-2)19(23-10-12-26-13-11-23)15-22-20(24)21-14-16-6-8-18(25-3)9-7-16/h6-9,17,19H,4-5,10-15H2,1-3H3,(H2,21,22,24). The molecule has 6 nitrogen and oxygen atoms in total. The summed E-state index contributed by atoms with van der Waals surface area (Å²) in [7, 11) is 1.64. The molecule has 0 bridgehead atoms. The highest BCUT2D eigenvalue weighted by Crippen LogP contribution is 2.19. The van der Waals surface area contributed by atoms with Crippen LogP contribution in [0, 0.1) is 5.92 Å². The zero-order chi connectivity index (χ0) is 18.8. The number of rotatable bonds is 9. The second kappa shape index (κ2) is 11.0. The summed E-state index contributed by atoms with van der Waals surface area (Å²) in [6, 6.07) is 7.96. The molecule has 1 aliphatic heterocycles. The van der Waals surface area contributed by atoms with Crippen LogP contribution in [0.3, 0.4) is 0 Å². The van der Waals surface area contributed by atoms with Crippen molar-refractivity contribution in [2.45, 2.75) is 39.3 Å². The molecule has 2 N–H and O–H groups in total. The number of methoxy groups -OCH3 is 1. The molecular formula is C20H33N3O3. The van der Waals surface area contributed by atoms with E-state index in [2.05, 4.69) is 29.4 Å². The molecule has 0 aliphatic carbocycles. The predicted octanol–water partition coefficient (Wildman–Crippen LogP) is 2.63. The average Bonchev–Trinajstić information content (AvgIpc) is 2.70. The molecule has 1 aliphatic rings. The van der Waals surface area contributed by atoms with Gasteiger partial charge in [-0.15, -0.1) is 0 Å². The lowest BCUT2D eigenvalue weighted by Gasteiger charge is -2.38. The van der Waals surface area contributed by atoms with Crippen LogP contribution in [0.2, 0.25) is 0 Å². The van der Waals surface area contributed by atoms with Gasteiger partial charge in [-0.1, -0.05) is 38.8 Å². The summed E-state index contributed by atoms with van der Waals surface area (Å²) >= 11 is 0. The number of carbonyl (C=O) groups excluding carboxylic acids is 1. The van der Waals surface area contributed by atoms with E-state index in [0.29, 0.717) is 25.0 Å². The summed E-state index contributed by atoms with van der Waals surface area (Å²) in [6.45, 7) is 9.06. The summed E-state index contributed by atoms with van der Waals surface area (Å²) in [5.74, 6) is 1.40. The Morgan fingerprint density at radius 1 is 1.15 bits per heavy atom. The van der Waals surface area contributed by atoms with Crippen LogP contribution in [0.1, 0.15) is 32.3 Å². The Balaban J connectivity index is 1.82. The molecule has 1 heterocycles. The Hall–Kier alpha value is -1.79. The zero-order valence-corrected chi connectivity index (χ0v) is 16.3. The first-order valence-corrected chi connectivity index (χ1v) is 9.64. The van der Waals surface area contributed by atoms with E-state index in [-0.39, 0.29) is 6.03 Å². The van der Waals surface area contributed by atoms with E-state index in [1.807, 2.05) is 24.3 Å². The maximum atomic E-state index is 12.2. The Labute approximate surface area is 157 Å². The van der Waals surface area contributed by atoms with Gasteiger partial charge in [0.1, 0.15) is 5.75 Å². The first kappa shape index (κ1) is 20.5. The highest BCUT2D eigenvalue weighted by molar-refractivity contribution is 5.73. The number of hydrogen-bond acceptors (Lipinski definition) is 4. The van der Waals surface area contributed by atoms with Gasteiger partial charge in [-0.05, 0) is 23.6 Å². The maximum Gasteiger partial charge on any atom is 0.315 e. The fraction of sp³-hybridized carbons (Fsp3) is 0.650. The topological polar surface area (TPSA) is 62.8 Å². The van der Waals surface area contributed by atoms with Crippen molar-refractivity contribution in [2.24, 2.45) is 5.92 Å². The minimum absolute atomic E-state index is 0.120. The van der Waals surface area contributed by atoms with Crippen LogP contribution in [0.5, 0.6) is 5.75 Å². The van der Waals surface area contributed by atoms with Gasteiger partial charge >= 0.3 is 6.03 Å². The number of nitrogens with zero attached hydrogens (tertiary/aromatic N) is 1. The van der Waals surface area contributed by atoms with E-state index in [4.69, 9.17) is 9.47 Å². The number of amides is 2. The highest BCUT2D eigenvalue weighted by atomic mass is 16.5. The van der Waals surface area contributed by atoms with Gasteiger partial charge < -0.3 is 20.1 Å². The van der Waals surface area contributed by atoms with E-state index < -0.39 is 0 Å². The third kappa shape index (κ3) is 6.18. The molecule has 1 fully saturated rings. The van der Waals surface area contributed by atoms with Crippen molar-refractivity contribution in [1.29, 1.82) is 0 Å². The normalized spacial score (nSPS) is 16.3. The number of carbonyl (C=O) groups is 1. The fourth-order valence-electron chi connectivity index (χ4n) is 3.52. The molecule has 1 unspecified atom stereocenters. The number of morpholine rings is 1. The summed E-state index contributed by atoms with van der Waals surface area (Å²) in [5.41, 5.74) is 1.05. The van der Waals surface area contributed by atoms with Crippen LogP contribution < -0.4 is 15.4 Å². The van der Waals surface area contributed by atoms with Crippen LogP contribution in [0.15, 0.2) is 24.3 Å². The maximum absolute atomic E-state index is 12.2. The molecule has 1 atom stereocenters. The summed E-state index contributed by atoms with van der Waals surface area (Å²) < 4.78 is 10.6. The van der Waals surface area contributed by atoms with Gasteiger partial charge in [0.15, 0.2) is 0 Å². The van der Waals surface area contributed by atoms with Gasteiger partial charge in [-0.3, -0.25) is 4.90 Å². The van der Waals surface area contributed by atoms with Gasteiger partial charge in [0, 0.05) is 32.2 Å². The lowest BCUT2D eigenvalue weighted by Crippen LogP contribution is -2.53. The van der Waals surface area contributed by atoms with Gasteiger partial charge in [0.2, 0.25) is 0 Å². The lowest BCUT2D eigenvalue weighted by atomic mass is 9.92. The molecule has 146 valence electrons. The fourth-order valence-corrected chi connectivity index (χ4v) is 3.52. The van der Waals surface area contributed by atoms with Crippen molar-refractivity contribution in [3.05, 3.63) is 29.8 Å². The minimum atomic E-state index is -0.120. The molecule has 0 saturated carbocycles. The summed E-state index contributed by atoms with van der Waals surface area (Å²) in [6.07, 6.45) is 2.24. The smallest absolute Gasteiger partial charge is 0.315 e. The summed E-state index contributed by atoms with van der Waals surface area (Å²) in [5, 5.41) is 6.00. The molecule has 2 rings (SSSR count). The van der Waals surface area contributed by atoms with Crippen LogP contribution in [0.25, 0.3) is 0 Å². The molecule has 2 amide bonds. The first-order chi connectivity index (χ1) is 12.7. The van der Waals surface area contributed by atoms with E-state index in [1.165, 1.54) is 0 Å². The Bertz CT molecular complexity index is 526. The van der Waals surface area contributed by atoms with Crippen LogP contribution in [-0.2, 0) is 11.3 Å². The van der Waals surface area contributed by atoms with Crippen molar-refractivity contribution in [2.75, 3.05) is 40.0 Å². The average molecular weight is 364 g/mol. The first-order valence-electron chi connectivity index (χ1n) is 9.64. The predicted molar refractivity (Wildman–Crippen MR) is 103 cm³/mol. The van der Waals surface area contributed by atoms with Crippen molar-refractivity contribution >= 4 is 6.03 Å². The molecule has 0 spiro atoms. The number of urea groups is 1. The van der Waals surface area contributed by atoms with E-state index >= 15 is 0 Å². The SMILES string of the molecule is CCC(CC)C(CNC(=O)NCc1ccc(OC)cc1)N1CCOCC1. The zero-order valence-electron chi connectivity index (χ0n) is 16.3. The molecule has 6 heteroatoms. The monoisotopic (exact) mass is 363 g/mol. The number of nitrogens with one attached hydrogen (secondary N) is 2. The van der Waals surface area contributed by atoms with Crippen LogP contribution in [-0.4, -0.2) is 56.9 Å². The van der Waals surface area contributed by atoms with Gasteiger partial charge in [0.25, 0.3) is 0 Å². The number of benzene rings is 1. The Kier molecular flexibility index (Phi) is 8.71. The largest absolute Gasteiger partial charge is 0.497 e. The third-order valence-electron chi connectivity index (χ3n) is 5.19. The molecule has 1 aromatic carbocycles. The molecular weight excluding hydrogens is 330 g/mol. The van der Waals surface area contributed by atoms with Gasteiger partial charge in [-0.2, -0.15) is 0 Å². The van der Waals surface area contributed by atoms with Crippen LogP contribution in [0.4, 0.5) is 4.79 Å². The highest BCUT2D eigenvalue weighted by Gasteiger charge is 2.27. The van der Waals surface area contributed by atoms with Crippen molar-refractivity contribution in [3.8, 4) is 5.75 Å². The quantitative estimate of drug-likeness (QED) is 0.708. The van der Waals surface area contributed by atoms with E-state index in [0.717, 1.165) is 50.5 Å². The number of hydrogen-bond donors (Lipinski definition) is 2. The minimum Gasteiger partial charge on any atom is -0.497 e. The van der Waals surface area contributed by atoms with Crippen LogP contribution >= 0.6 is 0 Å². The lowest BCUT2D eigenvalue weighted by molar-refractivity contribution is 0.00237. The molecule has 0 aromatic heterocycles. The molecule has 1 saturated heterocycles. The van der Waals surface area contributed by atoms with E-state index in [1.54, 1.807) is 7.11 Å². The molecule has 0 radical (unpaired) electrons. The molecule has 1 aromatic rings. The van der Waals surface area contributed by atoms with Crippen molar-refractivity contribution < 1.29 is 14.3 Å². The Morgan fingerprint density at radius 2 is 1.81 bits per heavy atom. The second-order valence-electron chi connectivity index (χ2n) is 6.70. The van der Waals surface area contributed by atoms with Gasteiger partial charge in [-0.25, -0.2) is 4.79 Å². The van der Waals surface area contributed by atoms with E-state index in [9.17, 15) is 4.79 Å². The van der Waals surface area contributed by atoms with Crippen molar-refractivity contribution in [1.82, 2.24) is 15.5 Å². The second-order valence-corrected chi connectivity index (χ2v) is 6.70. The molecule has 26 heavy (non-hydrogen) atoms. The number of ether oxygens (including phenoxy) is 2. The summed E-state index contributed by atoms with van der Waals surface area (Å²) in [4.78, 5) is 14.7. The van der Waals surface area contributed by atoms with Crippen molar-refractivity contribution in [3.63, 3.8) is 0 Å². The van der Waals surface area contributed by atoms with Gasteiger partial charge in [0.05, 0.1) is 20.3 Å². The third-order valence-corrected chi connectivity index (χ3v) is 5.19. The Morgan fingerprint density at radius 3 is 2.38 bits per heavy atom.